The molecule has 0 spiro atoms. The zero-order valence-electron chi connectivity index (χ0n) is 29.5. The first kappa shape index (κ1) is 36.7. The highest BCUT2D eigenvalue weighted by Crippen LogP contribution is 2.56. The molecule has 1 fully saturated rings. The minimum Gasteiger partial charge on any atom is -0.451 e. The summed E-state index contributed by atoms with van der Waals surface area (Å²) in [7, 11) is -0.294. The van der Waals surface area contributed by atoms with Gasteiger partial charge in [0.25, 0.3) is 0 Å². The Balaban J connectivity index is 2.52. The standard InChI is InChI=1S/C31H54N5O5Si3/c1-17-18-37-26-35-20-23(32)33-19-34-24(20)36(26)25-21(38-27(2,3)4)22(39-28(5,6)7)30(42,40-25)31(43(11,12)13,44(14,15)16)41-29(8,9)10/h1,19,21-22,25H,18H2,2-16H3,(H2,32,33,34)/t21-,22+,25-,30-/m1/s1. The van der Waals surface area contributed by atoms with Crippen LogP contribution in [0.1, 0.15) is 68.5 Å². The van der Waals surface area contributed by atoms with Crippen molar-refractivity contribution in [3.05, 3.63) is 6.33 Å². The van der Waals surface area contributed by atoms with Gasteiger partial charge >= 0.3 is 6.01 Å². The van der Waals surface area contributed by atoms with Gasteiger partial charge in [-0.2, -0.15) is 4.98 Å². The second kappa shape index (κ2) is 11.8. The normalized spacial score (nSPS) is 24.1. The Morgan fingerprint density at radius 2 is 1.50 bits per heavy atom. The molecule has 3 radical (unpaired) electrons. The highest BCUT2D eigenvalue weighted by atomic mass is 28.4. The Morgan fingerprint density at radius 3 is 1.95 bits per heavy atom. The van der Waals surface area contributed by atoms with Crippen LogP contribution < -0.4 is 10.5 Å². The number of nitrogen functional groups attached to an aromatic ring is 1. The molecule has 0 aliphatic carbocycles. The van der Waals surface area contributed by atoms with E-state index in [4.69, 9.17) is 35.8 Å². The maximum Gasteiger partial charge on any atom is 0.301 e. The van der Waals surface area contributed by atoms with Crippen LogP contribution in [-0.2, 0) is 18.9 Å². The molecular formula is C31H54N5O5Si3. The third-order valence-electron chi connectivity index (χ3n) is 7.36. The fourth-order valence-corrected chi connectivity index (χ4v) is 22.2. The maximum absolute atomic E-state index is 7.44. The number of ether oxygens (including phenoxy) is 5. The summed E-state index contributed by atoms with van der Waals surface area (Å²) in [5.41, 5.74) is 5.44. The van der Waals surface area contributed by atoms with Crippen molar-refractivity contribution < 1.29 is 23.7 Å². The second-order valence-corrected chi connectivity index (χ2v) is 28.3. The van der Waals surface area contributed by atoms with Crippen molar-refractivity contribution in [2.24, 2.45) is 0 Å². The van der Waals surface area contributed by atoms with Gasteiger partial charge in [-0.15, -0.1) is 6.42 Å². The summed E-state index contributed by atoms with van der Waals surface area (Å²) in [6, 6.07) is 0.200. The molecule has 1 saturated heterocycles. The molecule has 3 heterocycles. The van der Waals surface area contributed by atoms with Gasteiger partial charge in [0, 0.05) is 0 Å². The fourth-order valence-electron chi connectivity index (χ4n) is 6.67. The summed E-state index contributed by atoms with van der Waals surface area (Å²) in [6.07, 6.45) is 4.84. The molecule has 2 aromatic rings. The average Bonchev–Trinajstić information content (AvgIpc) is 3.29. The van der Waals surface area contributed by atoms with E-state index < -0.39 is 61.5 Å². The average molecular weight is 661 g/mol. The Labute approximate surface area is 270 Å². The monoisotopic (exact) mass is 660 g/mol. The van der Waals surface area contributed by atoms with E-state index in [1.807, 2.05) is 41.5 Å². The lowest BCUT2D eigenvalue weighted by Gasteiger charge is -2.62. The number of rotatable bonds is 9. The summed E-state index contributed by atoms with van der Waals surface area (Å²) in [5, 5.41) is -1.18. The maximum atomic E-state index is 7.44. The molecule has 1 aliphatic rings. The SMILES string of the molecule is C#CCOc1nc2c(N)ncnc2n1[C@@H]1O[C@]([Si])(C(OC(C)(C)C)([Si](C)(C)C)[Si](C)(C)C)[C@@H](OC(C)(C)C)[C@H]1OC(C)(C)C. The molecule has 2 aromatic heterocycles. The largest absolute Gasteiger partial charge is 0.451 e. The fraction of sp³-hybridized carbons (Fsp3) is 0.774. The molecule has 245 valence electrons. The number of imidazole rings is 1. The van der Waals surface area contributed by atoms with Crippen molar-refractivity contribution in [3.8, 4) is 18.4 Å². The lowest BCUT2D eigenvalue weighted by molar-refractivity contribution is -0.195. The number of anilines is 1. The van der Waals surface area contributed by atoms with Gasteiger partial charge in [0.2, 0.25) is 0 Å². The quantitative estimate of drug-likeness (QED) is 0.275. The lowest BCUT2D eigenvalue weighted by atomic mass is 10.0. The number of hydrogen-bond donors (Lipinski definition) is 1. The third-order valence-corrected chi connectivity index (χ3v) is 18.3. The zero-order valence-corrected chi connectivity index (χ0v) is 32.5. The zero-order chi connectivity index (χ0) is 33.9. The first-order valence-electron chi connectivity index (χ1n) is 15.2. The second-order valence-electron chi connectivity index (χ2n) is 16.7. The van der Waals surface area contributed by atoms with Gasteiger partial charge in [0.1, 0.15) is 23.8 Å². The summed E-state index contributed by atoms with van der Waals surface area (Å²) >= 11 is 0. The Hall–Kier alpha value is -1.80. The van der Waals surface area contributed by atoms with Crippen molar-refractivity contribution in [2.45, 2.75) is 147 Å². The van der Waals surface area contributed by atoms with Gasteiger partial charge < -0.3 is 29.4 Å². The molecule has 13 heteroatoms. The predicted molar refractivity (Wildman–Crippen MR) is 182 cm³/mol. The summed E-state index contributed by atoms with van der Waals surface area (Å²) < 4.78 is 36.7. The smallest absolute Gasteiger partial charge is 0.301 e. The van der Waals surface area contributed by atoms with Crippen molar-refractivity contribution in [3.63, 3.8) is 0 Å². The molecule has 0 saturated carbocycles. The molecule has 0 unspecified atom stereocenters. The van der Waals surface area contributed by atoms with E-state index >= 15 is 0 Å². The molecule has 0 bridgehead atoms. The highest BCUT2D eigenvalue weighted by Gasteiger charge is 2.74. The minimum absolute atomic E-state index is 0.0179. The van der Waals surface area contributed by atoms with Gasteiger partial charge in [-0.3, -0.25) is 0 Å². The van der Waals surface area contributed by atoms with Crippen molar-refractivity contribution in [1.82, 2.24) is 19.5 Å². The van der Waals surface area contributed by atoms with E-state index in [1.165, 1.54) is 6.33 Å². The van der Waals surface area contributed by atoms with E-state index in [0.29, 0.717) is 11.2 Å². The predicted octanol–water partition coefficient (Wildman–Crippen LogP) is 5.49. The van der Waals surface area contributed by atoms with Crippen LogP contribution in [0.2, 0.25) is 39.3 Å². The molecule has 10 nitrogen and oxygen atoms in total. The van der Waals surface area contributed by atoms with E-state index in [9.17, 15) is 0 Å². The van der Waals surface area contributed by atoms with Crippen LogP contribution in [-0.4, -0.2) is 91.6 Å². The molecule has 2 N–H and O–H groups in total. The minimum atomic E-state index is -2.33. The molecule has 44 heavy (non-hydrogen) atoms. The van der Waals surface area contributed by atoms with Crippen LogP contribution in [0.4, 0.5) is 5.82 Å². The molecular weight excluding hydrogens is 607 g/mol. The van der Waals surface area contributed by atoms with Crippen LogP contribution in [0.5, 0.6) is 6.01 Å². The van der Waals surface area contributed by atoms with Gasteiger partial charge in [-0.25, -0.2) is 14.5 Å². The molecule has 4 atom stereocenters. The molecule has 0 amide bonds. The van der Waals surface area contributed by atoms with Gasteiger partial charge in [-0.05, 0) is 62.3 Å². The highest BCUT2D eigenvalue weighted by molar-refractivity contribution is 6.99. The van der Waals surface area contributed by atoms with E-state index in [1.54, 1.807) is 4.57 Å². The lowest BCUT2D eigenvalue weighted by Crippen LogP contribution is -2.83. The molecule has 0 aromatic carbocycles. The summed E-state index contributed by atoms with van der Waals surface area (Å²) in [5.74, 6) is 2.75. The number of fused-ring (bicyclic) bond motifs is 1. The number of aromatic nitrogens is 4. The van der Waals surface area contributed by atoms with E-state index in [0.717, 1.165) is 0 Å². The van der Waals surface area contributed by atoms with E-state index in [-0.39, 0.29) is 18.4 Å². The molecule has 3 rings (SSSR count). The van der Waals surface area contributed by atoms with Crippen LogP contribution in [0.25, 0.3) is 11.2 Å². The summed E-state index contributed by atoms with van der Waals surface area (Å²) in [4.78, 5) is 12.7. The Bertz CT molecular complexity index is 1360. The van der Waals surface area contributed by atoms with Crippen molar-refractivity contribution in [2.75, 3.05) is 12.3 Å². The van der Waals surface area contributed by atoms with Gasteiger partial charge in [0.15, 0.2) is 29.8 Å². The van der Waals surface area contributed by atoms with Crippen molar-refractivity contribution >= 4 is 43.4 Å². The number of terminal acetylenes is 1. The van der Waals surface area contributed by atoms with Crippen LogP contribution in [0.15, 0.2) is 6.33 Å². The number of hydrogen-bond acceptors (Lipinski definition) is 9. The summed E-state index contributed by atoms with van der Waals surface area (Å²) in [6.45, 7) is 32.5. The van der Waals surface area contributed by atoms with Crippen LogP contribution >= 0.6 is 0 Å². The third kappa shape index (κ3) is 6.96. The van der Waals surface area contributed by atoms with E-state index in [2.05, 4.69) is 91.2 Å². The van der Waals surface area contributed by atoms with Gasteiger partial charge in [0.05, 0.1) is 48.0 Å². The Morgan fingerprint density at radius 1 is 0.955 bits per heavy atom. The first-order valence-corrected chi connectivity index (χ1v) is 22.7. The Kier molecular flexibility index (Phi) is 9.81. The topological polar surface area (TPSA) is 116 Å². The van der Waals surface area contributed by atoms with Crippen molar-refractivity contribution in [1.29, 1.82) is 0 Å². The van der Waals surface area contributed by atoms with Gasteiger partial charge in [-0.1, -0.05) is 45.2 Å². The first-order chi connectivity index (χ1) is 19.7. The number of nitrogens with zero attached hydrogens (tertiary/aromatic N) is 4. The number of nitrogens with two attached hydrogens (primary N) is 1. The van der Waals surface area contributed by atoms with Crippen LogP contribution in [0.3, 0.4) is 0 Å². The molecule has 1 aliphatic heterocycles. The van der Waals surface area contributed by atoms with Crippen LogP contribution in [0, 0.1) is 12.3 Å².